The number of aliphatic hydroxyl groups excluding tert-OH is 1. The first-order valence-corrected chi connectivity index (χ1v) is 11.0. The van der Waals surface area contributed by atoms with E-state index in [2.05, 4.69) is 0 Å². The molecule has 1 heterocycles. The van der Waals surface area contributed by atoms with Crippen molar-refractivity contribution in [3.63, 3.8) is 0 Å². The summed E-state index contributed by atoms with van der Waals surface area (Å²) in [6, 6.07) is 32.0. The molecule has 2 unspecified atom stereocenters. The third-order valence-corrected chi connectivity index (χ3v) is 6.13. The third kappa shape index (κ3) is 4.11. The van der Waals surface area contributed by atoms with Gasteiger partial charge in [0.2, 0.25) is 5.91 Å². The van der Waals surface area contributed by atoms with Crippen LogP contribution in [0.25, 0.3) is 10.8 Å². The molecule has 4 aromatic rings. The van der Waals surface area contributed by atoms with Gasteiger partial charge in [-0.3, -0.25) is 14.6 Å². The first-order valence-electron chi connectivity index (χ1n) is 11.0. The number of para-hydroxylation sites is 1. The average molecular weight is 437 g/mol. The normalized spacial score (nSPS) is 18.7. The number of benzene rings is 4. The van der Waals surface area contributed by atoms with Crippen LogP contribution in [0, 0.1) is 5.92 Å². The van der Waals surface area contributed by atoms with Crippen LogP contribution in [0.1, 0.15) is 11.1 Å². The molecule has 1 N–H and O–H groups in total. The Kier molecular flexibility index (Phi) is 5.63. The molecule has 0 bridgehead atoms. The second kappa shape index (κ2) is 8.88. The molecule has 1 aliphatic heterocycles. The minimum absolute atomic E-state index is 0.156. The summed E-state index contributed by atoms with van der Waals surface area (Å²) < 4.78 is 0. The number of fused-ring (bicyclic) bond motifs is 1. The second-order valence-electron chi connectivity index (χ2n) is 8.30. The molecule has 5 heteroatoms. The van der Waals surface area contributed by atoms with Crippen molar-refractivity contribution in [1.29, 1.82) is 0 Å². The van der Waals surface area contributed by atoms with E-state index < -0.39 is 18.2 Å². The monoisotopic (exact) mass is 436 g/mol. The Hall–Kier alpha value is -3.96. The highest BCUT2D eigenvalue weighted by Crippen LogP contribution is 2.31. The molecule has 2 atom stereocenters. The Morgan fingerprint density at radius 1 is 0.697 bits per heavy atom. The van der Waals surface area contributed by atoms with E-state index in [1.807, 2.05) is 91.0 Å². The van der Waals surface area contributed by atoms with E-state index in [4.69, 9.17) is 0 Å². The van der Waals surface area contributed by atoms with Gasteiger partial charge in [-0.15, -0.1) is 0 Å². The Morgan fingerprint density at radius 3 is 2.06 bits per heavy atom. The minimum atomic E-state index is -1.26. The number of nitrogens with zero attached hydrogens (tertiary/aromatic N) is 2. The SMILES string of the molecule is O=C1C(Cc2ccc3ccccc3c2)C(O)N(c2ccccc2)C(=O)N1Cc1ccccc1. The number of aliphatic hydroxyl groups is 1. The lowest BCUT2D eigenvalue weighted by Gasteiger charge is -2.42. The van der Waals surface area contributed by atoms with E-state index >= 15 is 0 Å². The molecular weight excluding hydrogens is 412 g/mol. The summed E-state index contributed by atoms with van der Waals surface area (Å²) in [7, 11) is 0. The molecule has 5 nitrogen and oxygen atoms in total. The number of rotatable bonds is 5. The van der Waals surface area contributed by atoms with Gasteiger partial charge in [0.05, 0.1) is 12.5 Å². The van der Waals surface area contributed by atoms with E-state index in [9.17, 15) is 14.7 Å². The highest BCUT2D eigenvalue weighted by molar-refractivity contribution is 6.07. The number of urea groups is 1. The number of hydrogen-bond acceptors (Lipinski definition) is 3. The van der Waals surface area contributed by atoms with Crippen LogP contribution in [0.5, 0.6) is 0 Å². The van der Waals surface area contributed by atoms with Gasteiger partial charge in [-0.25, -0.2) is 4.79 Å². The van der Waals surface area contributed by atoms with Crippen molar-refractivity contribution in [2.45, 2.75) is 19.2 Å². The number of amides is 3. The average Bonchev–Trinajstić information content (AvgIpc) is 2.86. The summed E-state index contributed by atoms with van der Waals surface area (Å²) in [6.07, 6.45) is -0.932. The number of anilines is 1. The standard InChI is InChI=1S/C28H24N2O3/c31-26-25(18-21-15-16-22-11-7-8-12-23(22)17-21)27(32)30(24-13-5-2-6-14-24)28(33)29(26)19-20-9-3-1-4-10-20/h1-17,25,27,32H,18-19H2. The predicted octanol–water partition coefficient (Wildman–Crippen LogP) is 4.99. The summed E-state index contributed by atoms with van der Waals surface area (Å²) in [6.45, 7) is 0.156. The van der Waals surface area contributed by atoms with Crippen molar-refractivity contribution in [2.75, 3.05) is 4.90 Å². The van der Waals surface area contributed by atoms with Crippen LogP contribution >= 0.6 is 0 Å². The van der Waals surface area contributed by atoms with Crippen LogP contribution in [-0.2, 0) is 17.8 Å². The van der Waals surface area contributed by atoms with Crippen LogP contribution in [-0.4, -0.2) is 28.2 Å². The van der Waals surface area contributed by atoms with Gasteiger partial charge in [-0.2, -0.15) is 0 Å². The maximum atomic E-state index is 13.5. The van der Waals surface area contributed by atoms with Crippen LogP contribution in [0.4, 0.5) is 10.5 Å². The number of carbonyl (C=O) groups is 2. The van der Waals surface area contributed by atoms with E-state index in [-0.39, 0.29) is 12.5 Å². The molecule has 0 spiro atoms. The molecule has 0 saturated carbocycles. The van der Waals surface area contributed by atoms with Crippen molar-refractivity contribution in [1.82, 2.24) is 4.90 Å². The highest BCUT2D eigenvalue weighted by atomic mass is 16.3. The van der Waals surface area contributed by atoms with E-state index in [0.717, 1.165) is 21.9 Å². The minimum Gasteiger partial charge on any atom is -0.372 e. The lowest BCUT2D eigenvalue weighted by Crippen LogP contribution is -2.62. The fourth-order valence-electron chi connectivity index (χ4n) is 4.42. The topological polar surface area (TPSA) is 60.9 Å². The molecule has 0 aliphatic carbocycles. The molecular formula is C28H24N2O3. The van der Waals surface area contributed by atoms with Gasteiger partial charge in [0.15, 0.2) is 0 Å². The van der Waals surface area contributed by atoms with Crippen molar-refractivity contribution in [2.24, 2.45) is 5.92 Å². The summed E-state index contributed by atoms with van der Waals surface area (Å²) in [4.78, 5) is 29.5. The van der Waals surface area contributed by atoms with Gasteiger partial charge < -0.3 is 5.11 Å². The van der Waals surface area contributed by atoms with E-state index in [1.165, 1.54) is 9.80 Å². The van der Waals surface area contributed by atoms with Crippen molar-refractivity contribution in [3.05, 3.63) is 114 Å². The lowest BCUT2D eigenvalue weighted by atomic mass is 9.92. The number of carbonyl (C=O) groups excluding carboxylic acids is 2. The third-order valence-electron chi connectivity index (χ3n) is 6.13. The molecule has 1 saturated heterocycles. The number of imide groups is 1. The predicted molar refractivity (Wildman–Crippen MR) is 128 cm³/mol. The van der Waals surface area contributed by atoms with Gasteiger partial charge in [0.25, 0.3) is 0 Å². The highest BCUT2D eigenvalue weighted by Gasteiger charge is 2.46. The summed E-state index contributed by atoms with van der Waals surface area (Å²) in [5, 5.41) is 13.4. The largest absolute Gasteiger partial charge is 0.372 e. The van der Waals surface area contributed by atoms with Crippen LogP contribution in [0.15, 0.2) is 103 Å². The summed E-state index contributed by atoms with van der Waals surface area (Å²) in [5.41, 5.74) is 2.35. The molecule has 4 aromatic carbocycles. The van der Waals surface area contributed by atoms with E-state index in [0.29, 0.717) is 12.1 Å². The molecule has 1 aliphatic rings. The molecule has 0 aromatic heterocycles. The zero-order valence-corrected chi connectivity index (χ0v) is 18.0. The lowest BCUT2D eigenvalue weighted by molar-refractivity contribution is -0.139. The molecule has 0 radical (unpaired) electrons. The maximum Gasteiger partial charge on any atom is 0.333 e. The summed E-state index contributed by atoms with van der Waals surface area (Å²) >= 11 is 0. The van der Waals surface area contributed by atoms with Gasteiger partial charge in [0, 0.05) is 5.69 Å². The van der Waals surface area contributed by atoms with Gasteiger partial charge in [0.1, 0.15) is 6.23 Å². The van der Waals surface area contributed by atoms with Crippen LogP contribution in [0.2, 0.25) is 0 Å². The first-order chi connectivity index (χ1) is 16.1. The molecule has 1 fully saturated rings. The first kappa shape index (κ1) is 20.9. The fraction of sp³-hybridized carbons (Fsp3) is 0.143. The van der Waals surface area contributed by atoms with Gasteiger partial charge >= 0.3 is 6.03 Å². The van der Waals surface area contributed by atoms with Crippen molar-refractivity contribution >= 4 is 28.4 Å². The van der Waals surface area contributed by atoms with Crippen LogP contribution < -0.4 is 4.90 Å². The quantitative estimate of drug-likeness (QED) is 0.480. The Morgan fingerprint density at radius 2 is 1.33 bits per heavy atom. The van der Waals surface area contributed by atoms with Gasteiger partial charge in [-0.05, 0) is 40.5 Å². The Balaban J connectivity index is 1.51. The second-order valence-corrected chi connectivity index (χ2v) is 8.30. The van der Waals surface area contributed by atoms with E-state index in [1.54, 1.807) is 12.1 Å². The van der Waals surface area contributed by atoms with Crippen LogP contribution in [0.3, 0.4) is 0 Å². The molecule has 5 rings (SSSR count). The summed E-state index contributed by atoms with van der Waals surface area (Å²) in [5.74, 6) is -1.15. The van der Waals surface area contributed by atoms with Gasteiger partial charge in [-0.1, -0.05) is 91.0 Å². The number of hydrogen-bond donors (Lipinski definition) is 1. The molecule has 33 heavy (non-hydrogen) atoms. The van der Waals surface area contributed by atoms with Crippen molar-refractivity contribution < 1.29 is 14.7 Å². The zero-order valence-electron chi connectivity index (χ0n) is 18.0. The molecule has 3 amide bonds. The smallest absolute Gasteiger partial charge is 0.333 e. The molecule has 164 valence electrons. The maximum absolute atomic E-state index is 13.5. The Bertz CT molecular complexity index is 1290. The van der Waals surface area contributed by atoms with Crippen molar-refractivity contribution in [3.8, 4) is 0 Å². The Labute approximate surface area is 192 Å². The zero-order chi connectivity index (χ0) is 22.8. The fourth-order valence-corrected chi connectivity index (χ4v) is 4.42.